The highest BCUT2D eigenvalue weighted by Crippen LogP contribution is 2.31. The highest BCUT2D eigenvalue weighted by atomic mass is 35.5. The van der Waals surface area contributed by atoms with E-state index in [0.717, 1.165) is 16.9 Å². The van der Waals surface area contributed by atoms with Crippen molar-refractivity contribution in [3.8, 4) is 0 Å². The van der Waals surface area contributed by atoms with Gasteiger partial charge in [0.15, 0.2) is 5.13 Å². The van der Waals surface area contributed by atoms with Crippen molar-refractivity contribution in [1.29, 1.82) is 0 Å². The lowest BCUT2D eigenvalue weighted by Gasteiger charge is -2.08. The first-order chi connectivity index (χ1) is 17.1. The third-order valence-corrected chi connectivity index (χ3v) is 8.02. The van der Waals surface area contributed by atoms with Gasteiger partial charge in [0.2, 0.25) is 15.8 Å². The number of nitrogens with two attached hydrogens (primary N) is 1. The number of thiazole rings is 1. The number of nitrogens with one attached hydrogen (secondary N) is 2. The third-order valence-electron chi connectivity index (χ3n) is 5.32. The highest BCUT2D eigenvalue weighted by Gasteiger charge is 2.22. The molecule has 0 radical (unpaired) electrons. The topological polar surface area (TPSA) is 114 Å². The molecule has 4 aromatic rings. The number of rotatable bonds is 9. The Morgan fingerprint density at radius 3 is 2.53 bits per heavy atom. The molecule has 0 unspecified atom stereocenters. The zero-order valence-electron chi connectivity index (χ0n) is 19.1. The number of aryl methyl sites for hydroxylation is 1. The lowest BCUT2D eigenvalue weighted by Crippen LogP contribution is -2.26. The molecule has 36 heavy (non-hydrogen) atoms. The first-order valence-corrected chi connectivity index (χ1v) is 13.5. The van der Waals surface area contributed by atoms with Crippen LogP contribution in [0.1, 0.15) is 26.4 Å². The number of hydrogen-bond acceptors (Lipinski definition) is 7. The van der Waals surface area contributed by atoms with Crippen LogP contribution in [0, 0.1) is 12.7 Å². The Morgan fingerprint density at radius 1 is 1.11 bits per heavy atom. The molecule has 0 spiro atoms. The summed E-state index contributed by atoms with van der Waals surface area (Å²) >= 11 is 6.95. The maximum atomic E-state index is 14.2. The van der Waals surface area contributed by atoms with E-state index in [9.17, 15) is 17.6 Å². The molecule has 0 fully saturated rings. The van der Waals surface area contributed by atoms with E-state index in [0.29, 0.717) is 27.8 Å². The van der Waals surface area contributed by atoms with Crippen molar-refractivity contribution in [2.75, 3.05) is 17.6 Å². The second-order valence-corrected chi connectivity index (χ2v) is 11.1. The number of nitrogen functional groups attached to an aromatic ring is 1. The predicted octanol–water partition coefficient (Wildman–Crippen LogP) is 5.32. The van der Waals surface area contributed by atoms with Crippen LogP contribution in [-0.4, -0.2) is 25.7 Å². The molecule has 0 atom stereocenters. The van der Waals surface area contributed by atoms with Crippen LogP contribution >= 0.6 is 22.9 Å². The molecular formula is C25H22ClFN4O3S2. The van der Waals surface area contributed by atoms with Crippen LogP contribution < -0.4 is 15.8 Å². The molecule has 7 nitrogen and oxygen atoms in total. The maximum absolute atomic E-state index is 14.2. The summed E-state index contributed by atoms with van der Waals surface area (Å²) in [7, 11) is -3.71. The molecule has 0 saturated carbocycles. The lowest BCUT2D eigenvalue weighted by atomic mass is 10.0. The van der Waals surface area contributed by atoms with Crippen LogP contribution in [0.2, 0.25) is 5.02 Å². The van der Waals surface area contributed by atoms with E-state index < -0.39 is 21.6 Å². The molecule has 1 aromatic heterocycles. The Hall–Kier alpha value is -3.31. The number of ketones is 1. The van der Waals surface area contributed by atoms with Gasteiger partial charge in [-0.3, -0.25) is 4.79 Å². The standard InChI is InChI=1S/C25H22ClFN4O3S2/c1-15-4-2-7-20(27)21(15)22(32)23-24(28)31-25(35-23)30-18-8-10-19(11-9-18)36(33,34)29-13-12-16-5-3-6-17(26)14-16/h2-11,14,29H,12-13,28H2,1H3,(H,30,31). The number of anilines is 3. The van der Waals surface area contributed by atoms with Gasteiger partial charge < -0.3 is 11.1 Å². The summed E-state index contributed by atoms with van der Waals surface area (Å²) in [6.45, 7) is 1.87. The summed E-state index contributed by atoms with van der Waals surface area (Å²) in [6, 6.07) is 17.7. The largest absolute Gasteiger partial charge is 0.382 e. The van der Waals surface area contributed by atoms with Crippen molar-refractivity contribution in [2.45, 2.75) is 18.2 Å². The van der Waals surface area contributed by atoms with E-state index in [1.54, 1.807) is 37.3 Å². The number of hydrogen-bond donors (Lipinski definition) is 3. The van der Waals surface area contributed by atoms with Crippen molar-refractivity contribution < 1.29 is 17.6 Å². The van der Waals surface area contributed by atoms with Crippen LogP contribution in [0.5, 0.6) is 0 Å². The molecule has 0 aliphatic heterocycles. The van der Waals surface area contributed by atoms with Gasteiger partial charge in [-0.1, -0.05) is 47.2 Å². The Morgan fingerprint density at radius 2 is 1.83 bits per heavy atom. The minimum atomic E-state index is -3.71. The van der Waals surface area contributed by atoms with Crippen LogP contribution in [-0.2, 0) is 16.4 Å². The second-order valence-electron chi connectivity index (χ2n) is 7.92. The number of aromatic nitrogens is 1. The molecule has 0 amide bonds. The van der Waals surface area contributed by atoms with Gasteiger partial charge in [0, 0.05) is 17.3 Å². The van der Waals surface area contributed by atoms with Gasteiger partial charge in [0.05, 0.1) is 10.5 Å². The monoisotopic (exact) mass is 544 g/mol. The van der Waals surface area contributed by atoms with E-state index in [1.807, 2.05) is 12.1 Å². The number of benzene rings is 3. The van der Waals surface area contributed by atoms with Gasteiger partial charge in [0.25, 0.3) is 0 Å². The minimum absolute atomic E-state index is 0.0155. The molecule has 0 aliphatic carbocycles. The van der Waals surface area contributed by atoms with Gasteiger partial charge in [-0.05, 0) is 66.9 Å². The van der Waals surface area contributed by atoms with E-state index in [4.69, 9.17) is 17.3 Å². The molecule has 0 aliphatic rings. The number of halogens is 2. The molecule has 1 heterocycles. The fourth-order valence-corrected chi connectivity index (χ4v) is 5.62. The zero-order valence-corrected chi connectivity index (χ0v) is 21.5. The van der Waals surface area contributed by atoms with E-state index in [-0.39, 0.29) is 27.7 Å². The van der Waals surface area contributed by atoms with Gasteiger partial charge in [-0.25, -0.2) is 22.5 Å². The summed E-state index contributed by atoms with van der Waals surface area (Å²) in [5, 5.41) is 3.92. The Kier molecular flexibility index (Phi) is 7.70. The Balaban J connectivity index is 1.42. The van der Waals surface area contributed by atoms with Crippen molar-refractivity contribution in [1.82, 2.24) is 9.71 Å². The van der Waals surface area contributed by atoms with Crippen molar-refractivity contribution in [3.63, 3.8) is 0 Å². The third kappa shape index (κ3) is 5.90. The minimum Gasteiger partial charge on any atom is -0.382 e. The number of carbonyl (C=O) groups is 1. The fourth-order valence-electron chi connectivity index (χ4n) is 3.53. The Bertz CT molecular complexity index is 1500. The zero-order chi connectivity index (χ0) is 25.9. The van der Waals surface area contributed by atoms with Crippen LogP contribution in [0.4, 0.5) is 21.0 Å². The first-order valence-electron chi connectivity index (χ1n) is 10.8. The molecule has 4 rings (SSSR count). The maximum Gasteiger partial charge on any atom is 0.240 e. The van der Waals surface area contributed by atoms with Crippen LogP contribution in [0.25, 0.3) is 0 Å². The van der Waals surface area contributed by atoms with Gasteiger partial charge >= 0.3 is 0 Å². The van der Waals surface area contributed by atoms with Crippen molar-refractivity contribution in [3.05, 3.63) is 99.1 Å². The summed E-state index contributed by atoms with van der Waals surface area (Å²) in [5.41, 5.74) is 7.86. The van der Waals surface area contributed by atoms with E-state index >= 15 is 0 Å². The molecular weight excluding hydrogens is 523 g/mol. The van der Waals surface area contributed by atoms with Crippen LogP contribution in [0.3, 0.4) is 0 Å². The molecule has 0 bridgehead atoms. The summed E-state index contributed by atoms with van der Waals surface area (Å²) < 4.78 is 42.0. The van der Waals surface area contributed by atoms with Gasteiger partial charge in [0.1, 0.15) is 16.5 Å². The fraction of sp³-hybridized carbons (Fsp3) is 0.120. The SMILES string of the molecule is Cc1cccc(F)c1C(=O)c1sc(Nc2ccc(S(=O)(=O)NCCc3cccc(Cl)c3)cc2)nc1N. The quantitative estimate of drug-likeness (QED) is 0.246. The lowest BCUT2D eigenvalue weighted by molar-refractivity contribution is 0.103. The molecule has 3 aromatic carbocycles. The van der Waals surface area contributed by atoms with Crippen molar-refractivity contribution in [2.24, 2.45) is 0 Å². The molecule has 186 valence electrons. The Labute approximate surface area is 217 Å². The number of nitrogens with zero attached hydrogens (tertiary/aromatic N) is 1. The van der Waals surface area contributed by atoms with Gasteiger partial charge in [-0.15, -0.1) is 0 Å². The normalized spacial score (nSPS) is 11.4. The molecule has 4 N–H and O–H groups in total. The van der Waals surface area contributed by atoms with Crippen molar-refractivity contribution >= 4 is 55.4 Å². The van der Waals surface area contributed by atoms with Crippen LogP contribution in [0.15, 0.2) is 71.6 Å². The number of carbonyl (C=O) groups excluding carboxylic acids is 1. The molecule has 11 heteroatoms. The molecule has 0 saturated heterocycles. The first kappa shape index (κ1) is 25.8. The average molecular weight is 545 g/mol. The smallest absolute Gasteiger partial charge is 0.240 e. The highest BCUT2D eigenvalue weighted by molar-refractivity contribution is 7.89. The van der Waals surface area contributed by atoms with E-state index in [1.165, 1.54) is 24.3 Å². The number of sulfonamides is 1. The summed E-state index contributed by atoms with van der Waals surface area (Å²) in [6.07, 6.45) is 0.498. The second kappa shape index (κ2) is 10.8. The van der Waals surface area contributed by atoms with E-state index in [2.05, 4.69) is 15.0 Å². The summed E-state index contributed by atoms with van der Waals surface area (Å²) in [5.74, 6) is -1.18. The predicted molar refractivity (Wildman–Crippen MR) is 141 cm³/mol. The average Bonchev–Trinajstić information content (AvgIpc) is 3.19. The summed E-state index contributed by atoms with van der Waals surface area (Å²) in [4.78, 5) is 17.2. The van der Waals surface area contributed by atoms with Gasteiger partial charge in [-0.2, -0.15) is 0 Å².